The fourth-order valence-electron chi connectivity index (χ4n) is 1.98. The first-order chi connectivity index (χ1) is 9.15. The fourth-order valence-corrected chi connectivity index (χ4v) is 1.98. The van der Waals surface area contributed by atoms with Gasteiger partial charge in [0.15, 0.2) is 0 Å². The van der Waals surface area contributed by atoms with Crippen LogP contribution in [0.5, 0.6) is 0 Å². The molecule has 3 nitrogen and oxygen atoms in total. The monoisotopic (exact) mass is 255 g/mol. The largest absolute Gasteiger partial charge is 0.403 e. The summed E-state index contributed by atoms with van der Waals surface area (Å²) in [6, 6.07) is 11.1. The molecule has 0 radical (unpaired) electrons. The third kappa shape index (κ3) is 2.01. The van der Waals surface area contributed by atoms with Crippen LogP contribution in [-0.2, 0) is 0 Å². The first kappa shape index (κ1) is 11.6. The average Bonchev–Trinajstić information content (AvgIpc) is 2.40. The maximum Gasteiger partial charge on any atom is 0.347 e. The van der Waals surface area contributed by atoms with Crippen LogP contribution >= 0.6 is 0 Å². The van der Waals surface area contributed by atoms with E-state index in [9.17, 15) is 9.18 Å². The van der Waals surface area contributed by atoms with E-state index in [0.29, 0.717) is 16.5 Å². The number of rotatable bonds is 1. The molecule has 0 atom stereocenters. The fraction of sp³-hybridized carbons (Fsp3) is 0.0667. The number of aromatic nitrogens is 1. The Morgan fingerprint density at radius 2 is 1.95 bits per heavy atom. The molecule has 0 bridgehead atoms. The van der Waals surface area contributed by atoms with Crippen LogP contribution in [0.1, 0.15) is 5.56 Å². The zero-order valence-electron chi connectivity index (χ0n) is 10.2. The van der Waals surface area contributed by atoms with E-state index in [-0.39, 0.29) is 5.89 Å². The number of benzene rings is 2. The summed E-state index contributed by atoms with van der Waals surface area (Å²) in [5, 5.41) is 0.431. The van der Waals surface area contributed by atoms with Crippen LogP contribution in [0.2, 0.25) is 0 Å². The third-order valence-electron chi connectivity index (χ3n) is 2.93. The predicted octanol–water partition coefficient (Wildman–Crippen LogP) is 3.30. The van der Waals surface area contributed by atoms with Crippen molar-refractivity contribution in [1.29, 1.82) is 0 Å². The van der Waals surface area contributed by atoms with Gasteiger partial charge in [-0.25, -0.2) is 14.2 Å². The van der Waals surface area contributed by atoms with Gasteiger partial charge in [-0.1, -0.05) is 18.2 Å². The van der Waals surface area contributed by atoms with E-state index >= 15 is 0 Å². The summed E-state index contributed by atoms with van der Waals surface area (Å²) in [5.74, 6) is -0.266. The Kier molecular flexibility index (Phi) is 2.63. The molecule has 3 rings (SSSR count). The summed E-state index contributed by atoms with van der Waals surface area (Å²) in [5.41, 5.74) is 1.44. The first-order valence-corrected chi connectivity index (χ1v) is 5.81. The molecule has 0 aliphatic carbocycles. The van der Waals surface area contributed by atoms with Crippen molar-refractivity contribution in [3.05, 3.63) is 64.3 Å². The van der Waals surface area contributed by atoms with Crippen LogP contribution in [0.15, 0.2) is 51.7 Å². The predicted molar refractivity (Wildman–Crippen MR) is 70.4 cm³/mol. The Labute approximate surface area is 108 Å². The van der Waals surface area contributed by atoms with Gasteiger partial charge in [0.05, 0.1) is 10.9 Å². The highest BCUT2D eigenvalue weighted by Gasteiger charge is 2.10. The maximum absolute atomic E-state index is 13.2. The Hall–Kier alpha value is -2.49. The average molecular weight is 255 g/mol. The van der Waals surface area contributed by atoms with Crippen LogP contribution in [0.4, 0.5) is 4.39 Å². The lowest BCUT2D eigenvalue weighted by Crippen LogP contribution is -2.03. The second-order valence-corrected chi connectivity index (χ2v) is 4.29. The number of halogens is 1. The second-order valence-electron chi connectivity index (χ2n) is 4.29. The van der Waals surface area contributed by atoms with Crippen LogP contribution in [0, 0.1) is 12.7 Å². The van der Waals surface area contributed by atoms with Gasteiger partial charge in [-0.05, 0) is 36.8 Å². The Bertz CT molecular complexity index is 824. The molecule has 0 N–H and O–H groups in total. The van der Waals surface area contributed by atoms with E-state index in [1.54, 1.807) is 24.3 Å². The smallest absolute Gasteiger partial charge is 0.347 e. The molecule has 0 aliphatic rings. The zero-order valence-corrected chi connectivity index (χ0v) is 10.2. The summed E-state index contributed by atoms with van der Waals surface area (Å²) < 4.78 is 18.4. The zero-order chi connectivity index (χ0) is 13.4. The molecule has 0 unspecified atom stereocenters. The lowest BCUT2D eigenvalue weighted by Gasteiger charge is -2.03. The third-order valence-corrected chi connectivity index (χ3v) is 2.93. The van der Waals surface area contributed by atoms with Crippen LogP contribution < -0.4 is 5.63 Å². The van der Waals surface area contributed by atoms with Crippen molar-refractivity contribution in [3.63, 3.8) is 0 Å². The lowest BCUT2D eigenvalue weighted by atomic mass is 10.1. The van der Waals surface area contributed by atoms with Gasteiger partial charge in [0.2, 0.25) is 5.89 Å². The molecular weight excluding hydrogens is 245 g/mol. The topological polar surface area (TPSA) is 43.1 Å². The summed E-state index contributed by atoms with van der Waals surface area (Å²) in [7, 11) is 0. The van der Waals surface area contributed by atoms with E-state index in [2.05, 4.69) is 4.98 Å². The number of hydrogen-bond donors (Lipinski definition) is 0. The minimum atomic E-state index is -0.465. The Morgan fingerprint density at radius 3 is 2.74 bits per heavy atom. The number of para-hydroxylation sites is 1. The minimum Gasteiger partial charge on any atom is -0.403 e. The minimum absolute atomic E-state index is 0.131. The molecule has 0 amide bonds. The maximum atomic E-state index is 13.2. The van der Waals surface area contributed by atoms with Crippen LogP contribution in [-0.4, -0.2) is 4.98 Å². The molecule has 2 aromatic carbocycles. The Morgan fingerprint density at radius 1 is 1.16 bits per heavy atom. The molecule has 0 fully saturated rings. The van der Waals surface area contributed by atoms with Gasteiger partial charge in [0.25, 0.3) is 0 Å². The first-order valence-electron chi connectivity index (χ1n) is 5.81. The number of aryl methyl sites for hydroxylation is 1. The molecule has 0 spiro atoms. The van der Waals surface area contributed by atoms with Gasteiger partial charge < -0.3 is 4.42 Å². The van der Waals surface area contributed by atoms with Gasteiger partial charge in [-0.3, -0.25) is 0 Å². The standard InChI is InChI=1S/C15H10FNO2/c1-9-4-2-7-12-13(9)17-14(19-15(12)18)10-5-3-6-11(16)8-10/h2-8H,1H3. The quantitative estimate of drug-likeness (QED) is 0.670. The SMILES string of the molecule is Cc1cccc2c(=O)oc(-c3cccc(F)c3)nc12. The van der Waals surface area contributed by atoms with E-state index in [1.165, 1.54) is 12.1 Å². The van der Waals surface area contributed by atoms with Gasteiger partial charge in [0, 0.05) is 5.56 Å². The van der Waals surface area contributed by atoms with E-state index in [4.69, 9.17) is 4.42 Å². The summed E-state index contributed by atoms with van der Waals surface area (Å²) in [4.78, 5) is 16.2. The summed E-state index contributed by atoms with van der Waals surface area (Å²) in [6.07, 6.45) is 0. The number of hydrogen-bond acceptors (Lipinski definition) is 3. The molecule has 4 heteroatoms. The normalized spacial score (nSPS) is 10.8. The summed E-state index contributed by atoms with van der Waals surface area (Å²) in [6.45, 7) is 1.87. The molecule has 0 saturated heterocycles. The van der Waals surface area contributed by atoms with E-state index in [0.717, 1.165) is 5.56 Å². The van der Waals surface area contributed by atoms with Crippen LogP contribution in [0.25, 0.3) is 22.4 Å². The highest BCUT2D eigenvalue weighted by atomic mass is 19.1. The molecule has 1 heterocycles. The van der Waals surface area contributed by atoms with E-state index < -0.39 is 11.4 Å². The van der Waals surface area contributed by atoms with Crippen molar-refractivity contribution in [3.8, 4) is 11.5 Å². The highest BCUT2D eigenvalue weighted by Crippen LogP contribution is 2.20. The number of fused-ring (bicyclic) bond motifs is 1. The van der Waals surface area contributed by atoms with Crippen molar-refractivity contribution < 1.29 is 8.81 Å². The Balaban J connectivity index is 2.32. The van der Waals surface area contributed by atoms with E-state index in [1.807, 2.05) is 13.0 Å². The molecule has 1 aromatic heterocycles. The van der Waals surface area contributed by atoms with Crippen molar-refractivity contribution in [2.24, 2.45) is 0 Å². The van der Waals surface area contributed by atoms with Gasteiger partial charge in [-0.15, -0.1) is 0 Å². The molecule has 0 aliphatic heterocycles. The molecule has 94 valence electrons. The van der Waals surface area contributed by atoms with Crippen LogP contribution in [0.3, 0.4) is 0 Å². The van der Waals surface area contributed by atoms with Gasteiger partial charge >= 0.3 is 5.63 Å². The van der Waals surface area contributed by atoms with Gasteiger partial charge in [-0.2, -0.15) is 0 Å². The van der Waals surface area contributed by atoms with Crippen molar-refractivity contribution in [2.45, 2.75) is 6.92 Å². The molecule has 19 heavy (non-hydrogen) atoms. The molecular formula is C15H10FNO2. The van der Waals surface area contributed by atoms with Crippen molar-refractivity contribution >= 4 is 10.9 Å². The highest BCUT2D eigenvalue weighted by molar-refractivity contribution is 5.81. The van der Waals surface area contributed by atoms with Crippen molar-refractivity contribution in [1.82, 2.24) is 4.98 Å². The van der Waals surface area contributed by atoms with Crippen molar-refractivity contribution in [2.75, 3.05) is 0 Å². The molecule has 0 saturated carbocycles. The second kappa shape index (κ2) is 4.31. The van der Waals surface area contributed by atoms with Gasteiger partial charge in [0.1, 0.15) is 5.82 Å². The molecule has 3 aromatic rings. The lowest BCUT2D eigenvalue weighted by molar-refractivity contribution is 0.517. The number of nitrogens with zero attached hydrogens (tertiary/aromatic N) is 1. The summed E-state index contributed by atoms with van der Waals surface area (Å²) >= 11 is 0.